The van der Waals surface area contributed by atoms with Crippen molar-refractivity contribution in [1.29, 1.82) is 0 Å². The molecule has 0 radical (unpaired) electrons. The van der Waals surface area contributed by atoms with Gasteiger partial charge in [0.15, 0.2) is 9.84 Å². The first-order chi connectivity index (χ1) is 16.3. The van der Waals surface area contributed by atoms with E-state index in [1.165, 1.54) is 12.3 Å². The first-order valence-electron chi connectivity index (χ1n) is 11.0. The average Bonchev–Trinajstić information content (AvgIpc) is 3.14. The van der Waals surface area contributed by atoms with Gasteiger partial charge in [-0.15, -0.1) is 0 Å². The van der Waals surface area contributed by atoms with Gasteiger partial charge in [-0.2, -0.15) is 0 Å². The quantitative estimate of drug-likeness (QED) is 0.329. The van der Waals surface area contributed by atoms with Gasteiger partial charge in [0.25, 0.3) is 0 Å². The Hall–Kier alpha value is -2.49. The average molecular weight is 547 g/mol. The van der Waals surface area contributed by atoms with Gasteiger partial charge in [0.2, 0.25) is 0 Å². The third-order valence-electron chi connectivity index (χ3n) is 6.51. The minimum atomic E-state index is -3.63. The number of benzene rings is 2. The Morgan fingerprint density at radius 2 is 1.94 bits per heavy atom. The second-order valence-electron chi connectivity index (χ2n) is 8.57. The zero-order valence-corrected chi connectivity index (χ0v) is 21.2. The first-order valence-corrected chi connectivity index (χ1v) is 13.7. The van der Waals surface area contributed by atoms with E-state index in [4.69, 9.17) is 9.47 Å². The lowest BCUT2D eigenvalue weighted by Gasteiger charge is -2.33. The molecule has 1 atom stereocenters. The fourth-order valence-corrected chi connectivity index (χ4v) is 6.24. The number of sulfone groups is 1. The summed E-state index contributed by atoms with van der Waals surface area (Å²) in [6.07, 6.45) is 4.30. The monoisotopic (exact) mass is 546 g/mol. The summed E-state index contributed by atoms with van der Waals surface area (Å²) in [6.45, 7) is 1.13. The lowest BCUT2D eigenvalue weighted by molar-refractivity contribution is 0.0548. The van der Waals surface area contributed by atoms with Crippen LogP contribution in [-0.4, -0.2) is 44.5 Å². The number of halogens is 2. The molecule has 1 aliphatic heterocycles. The van der Waals surface area contributed by atoms with Crippen molar-refractivity contribution in [2.24, 2.45) is 5.92 Å². The number of aromatic nitrogens is 2. The van der Waals surface area contributed by atoms with Crippen LogP contribution in [0.2, 0.25) is 0 Å². The van der Waals surface area contributed by atoms with E-state index in [1.54, 1.807) is 37.6 Å². The van der Waals surface area contributed by atoms with E-state index in [-0.39, 0.29) is 16.6 Å². The molecule has 3 heterocycles. The van der Waals surface area contributed by atoms with Crippen molar-refractivity contribution in [3.05, 3.63) is 64.5 Å². The molecule has 1 fully saturated rings. The predicted octanol–water partition coefficient (Wildman–Crippen LogP) is 5.52. The number of rotatable bonds is 5. The molecule has 5 rings (SSSR count). The van der Waals surface area contributed by atoms with Crippen molar-refractivity contribution in [2.45, 2.75) is 23.8 Å². The Kier molecular flexibility index (Phi) is 6.12. The molecule has 1 aliphatic rings. The maximum absolute atomic E-state index is 15.3. The Balaban J connectivity index is 1.99. The van der Waals surface area contributed by atoms with Crippen molar-refractivity contribution in [3.63, 3.8) is 0 Å². The third-order valence-corrected chi connectivity index (χ3v) is 8.07. The highest BCUT2D eigenvalue weighted by Gasteiger charge is 2.34. The van der Waals surface area contributed by atoms with E-state index in [9.17, 15) is 8.42 Å². The lowest BCUT2D eigenvalue weighted by atomic mass is 9.86. The number of pyridine rings is 1. The summed E-state index contributed by atoms with van der Waals surface area (Å²) < 4.78 is 55.2. The highest BCUT2D eigenvalue weighted by Crippen LogP contribution is 2.45. The Morgan fingerprint density at radius 1 is 1.21 bits per heavy atom. The Morgan fingerprint density at radius 3 is 2.62 bits per heavy atom. The third kappa shape index (κ3) is 3.89. The highest BCUT2D eigenvalue weighted by molar-refractivity contribution is 9.10. The SMILES string of the molecule is COc1ccc(S(C)(=O)=O)c2c1c1ncc(Br)cc1n2[C@H](c1ccccc1F)C1CCOCC1. The van der Waals surface area contributed by atoms with Gasteiger partial charge in [0.05, 0.1) is 40.0 Å². The number of methoxy groups -OCH3 is 1. The molecule has 0 aliphatic carbocycles. The predicted molar refractivity (Wildman–Crippen MR) is 133 cm³/mol. The summed E-state index contributed by atoms with van der Waals surface area (Å²) in [6, 6.07) is 11.3. The van der Waals surface area contributed by atoms with Crippen LogP contribution >= 0.6 is 15.9 Å². The second-order valence-corrected chi connectivity index (χ2v) is 11.5. The number of hydrogen-bond acceptors (Lipinski definition) is 5. The molecular weight excluding hydrogens is 523 g/mol. The Labute approximate surface area is 205 Å². The molecule has 34 heavy (non-hydrogen) atoms. The maximum atomic E-state index is 15.3. The van der Waals surface area contributed by atoms with Crippen molar-refractivity contribution in [1.82, 2.24) is 9.55 Å². The highest BCUT2D eigenvalue weighted by atomic mass is 79.9. The molecule has 0 N–H and O–H groups in total. The molecule has 178 valence electrons. The lowest BCUT2D eigenvalue weighted by Crippen LogP contribution is -2.28. The summed E-state index contributed by atoms with van der Waals surface area (Å²) in [5, 5.41) is 0.598. The second kappa shape index (κ2) is 8.94. The standard InChI is InChI=1S/C25H24BrFN2O4S/c1-32-20-7-8-21(34(2,30)31)25-22(20)23-19(13-16(26)14-28-23)29(25)24(15-9-11-33-12-10-15)17-5-3-4-6-18(17)27/h3-8,13-15,24H,9-12H2,1-2H3/t24-/m0/s1. The van der Waals surface area contributed by atoms with Gasteiger partial charge in [-0.25, -0.2) is 12.8 Å². The largest absolute Gasteiger partial charge is 0.496 e. The minimum Gasteiger partial charge on any atom is -0.496 e. The molecule has 2 aromatic carbocycles. The van der Waals surface area contributed by atoms with Crippen molar-refractivity contribution in [3.8, 4) is 5.75 Å². The zero-order valence-electron chi connectivity index (χ0n) is 18.8. The van der Waals surface area contributed by atoms with Crippen LogP contribution in [0.4, 0.5) is 4.39 Å². The molecule has 2 aromatic heterocycles. The normalized spacial score (nSPS) is 16.2. The van der Waals surface area contributed by atoms with Crippen LogP contribution in [-0.2, 0) is 14.6 Å². The van der Waals surface area contributed by atoms with Gasteiger partial charge in [0, 0.05) is 35.7 Å². The molecule has 4 aromatic rings. The van der Waals surface area contributed by atoms with Crippen LogP contribution in [0.5, 0.6) is 5.75 Å². The number of hydrogen-bond donors (Lipinski definition) is 0. The van der Waals surface area contributed by atoms with Crippen LogP contribution in [0.3, 0.4) is 0 Å². The smallest absolute Gasteiger partial charge is 0.177 e. The van der Waals surface area contributed by atoms with Gasteiger partial charge in [-0.3, -0.25) is 4.98 Å². The van der Waals surface area contributed by atoms with Crippen molar-refractivity contribution < 1.29 is 22.3 Å². The number of nitrogens with zero attached hydrogens (tertiary/aromatic N) is 2. The van der Waals surface area contributed by atoms with E-state index in [2.05, 4.69) is 20.9 Å². The van der Waals surface area contributed by atoms with Gasteiger partial charge in [-0.05, 0) is 59.0 Å². The van der Waals surface area contributed by atoms with Crippen molar-refractivity contribution in [2.75, 3.05) is 26.6 Å². The van der Waals surface area contributed by atoms with E-state index in [0.29, 0.717) is 46.5 Å². The Bertz CT molecular complexity index is 1500. The molecule has 0 amide bonds. The van der Waals surface area contributed by atoms with E-state index in [1.807, 2.05) is 16.7 Å². The first kappa shape index (κ1) is 23.3. The van der Waals surface area contributed by atoms with E-state index >= 15 is 4.39 Å². The van der Waals surface area contributed by atoms with Gasteiger partial charge in [-0.1, -0.05) is 18.2 Å². The topological polar surface area (TPSA) is 70.4 Å². The molecule has 0 bridgehead atoms. The van der Waals surface area contributed by atoms with Crippen LogP contribution in [0, 0.1) is 11.7 Å². The van der Waals surface area contributed by atoms with Crippen molar-refractivity contribution >= 4 is 47.7 Å². The van der Waals surface area contributed by atoms with Gasteiger partial charge in [0.1, 0.15) is 11.6 Å². The summed E-state index contributed by atoms with van der Waals surface area (Å²) in [5.41, 5.74) is 2.30. The maximum Gasteiger partial charge on any atom is 0.177 e. The van der Waals surface area contributed by atoms with Crippen LogP contribution < -0.4 is 4.74 Å². The molecular formula is C25H24BrFN2O4S. The van der Waals surface area contributed by atoms with Crippen LogP contribution in [0.25, 0.3) is 21.9 Å². The van der Waals surface area contributed by atoms with Crippen LogP contribution in [0.1, 0.15) is 24.4 Å². The number of fused-ring (bicyclic) bond motifs is 3. The molecule has 6 nitrogen and oxygen atoms in total. The molecule has 0 spiro atoms. The zero-order chi connectivity index (χ0) is 24.0. The van der Waals surface area contributed by atoms with E-state index < -0.39 is 15.9 Å². The van der Waals surface area contributed by atoms with E-state index in [0.717, 1.165) is 17.3 Å². The summed E-state index contributed by atoms with van der Waals surface area (Å²) in [5.74, 6) is 0.211. The molecule has 9 heteroatoms. The summed E-state index contributed by atoms with van der Waals surface area (Å²) in [7, 11) is -2.08. The van der Waals surface area contributed by atoms with Crippen LogP contribution in [0.15, 0.2) is 58.0 Å². The summed E-state index contributed by atoms with van der Waals surface area (Å²) in [4.78, 5) is 4.80. The minimum absolute atomic E-state index is 0.0297. The van der Waals surface area contributed by atoms with Gasteiger partial charge < -0.3 is 14.0 Å². The summed E-state index contributed by atoms with van der Waals surface area (Å²) >= 11 is 3.51. The molecule has 0 saturated carbocycles. The molecule has 0 unspecified atom stereocenters. The fourth-order valence-electron chi connectivity index (χ4n) is 5.06. The molecule has 1 saturated heterocycles. The fraction of sp³-hybridized carbons (Fsp3) is 0.320. The number of ether oxygens (including phenoxy) is 2. The van der Waals surface area contributed by atoms with Gasteiger partial charge >= 0.3 is 0 Å².